The Kier molecular flexibility index (Phi) is 3.25. The molecule has 0 saturated carbocycles. The highest BCUT2D eigenvalue weighted by molar-refractivity contribution is 6.29. The number of rotatable bonds is 3. The molecule has 0 aliphatic heterocycles. The van der Waals surface area contributed by atoms with Crippen LogP contribution < -0.4 is 5.32 Å². The lowest BCUT2D eigenvalue weighted by Gasteiger charge is -2.06. The summed E-state index contributed by atoms with van der Waals surface area (Å²) in [6.07, 6.45) is 1.73. The van der Waals surface area contributed by atoms with E-state index in [1.54, 1.807) is 6.20 Å². The number of hydrogen-bond acceptors (Lipinski definition) is 3. The van der Waals surface area contributed by atoms with Gasteiger partial charge in [0, 0.05) is 11.2 Å². The molecule has 1 rings (SSSR count). The molecule has 0 radical (unpaired) electrons. The number of hydrogen-bond donors (Lipinski definition) is 1. The van der Waals surface area contributed by atoms with Crippen LogP contribution in [0.2, 0.25) is 0 Å². The molecule has 0 aliphatic carbocycles. The van der Waals surface area contributed by atoms with Crippen molar-refractivity contribution in [2.75, 3.05) is 11.9 Å². The van der Waals surface area contributed by atoms with Gasteiger partial charge < -0.3 is 5.32 Å². The summed E-state index contributed by atoms with van der Waals surface area (Å²) in [6, 6.07) is 0. The minimum absolute atomic E-state index is 0.514. The van der Waals surface area contributed by atoms with Crippen molar-refractivity contribution >= 4 is 17.4 Å². The first-order valence-electron chi connectivity index (χ1n) is 3.97. The van der Waals surface area contributed by atoms with E-state index in [0.29, 0.717) is 11.6 Å². The van der Waals surface area contributed by atoms with Gasteiger partial charge in [0.1, 0.15) is 5.82 Å². The van der Waals surface area contributed by atoms with E-state index in [0.717, 1.165) is 17.2 Å². The first kappa shape index (κ1) is 9.99. The molecule has 13 heavy (non-hydrogen) atoms. The van der Waals surface area contributed by atoms with Crippen LogP contribution in [0.15, 0.2) is 17.8 Å². The van der Waals surface area contributed by atoms with Gasteiger partial charge >= 0.3 is 0 Å². The van der Waals surface area contributed by atoms with Crippen molar-refractivity contribution in [1.29, 1.82) is 0 Å². The molecule has 70 valence electrons. The molecule has 3 nitrogen and oxygen atoms in total. The molecule has 1 aromatic rings. The Balaban J connectivity index is 2.75. The SMILES string of the molecule is C=C(Cl)CNc1nc(C)cnc1C. The maximum atomic E-state index is 5.61. The maximum Gasteiger partial charge on any atom is 0.148 e. The molecule has 0 spiro atoms. The van der Waals surface area contributed by atoms with Gasteiger partial charge in [-0.1, -0.05) is 18.2 Å². The van der Waals surface area contributed by atoms with E-state index in [4.69, 9.17) is 11.6 Å². The first-order chi connectivity index (χ1) is 6.09. The summed E-state index contributed by atoms with van der Waals surface area (Å²) in [7, 11) is 0. The van der Waals surface area contributed by atoms with Crippen molar-refractivity contribution < 1.29 is 0 Å². The van der Waals surface area contributed by atoms with Crippen LogP contribution in [0.4, 0.5) is 5.82 Å². The lowest BCUT2D eigenvalue weighted by molar-refractivity contribution is 1.05. The average Bonchev–Trinajstić information content (AvgIpc) is 2.06. The Hall–Kier alpha value is -1.09. The molecule has 0 aliphatic rings. The third-order valence-corrected chi connectivity index (χ3v) is 1.66. The number of halogens is 1. The molecule has 0 unspecified atom stereocenters. The van der Waals surface area contributed by atoms with Crippen molar-refractivity contribution in [1.82, 2.24) is 9.97 Å². The normalized spacial score (nSPS) is 9.77. The second-order valence-corrected chi connectivity index (χ2v) is 3.35. The second kappa shape index (κ2) is 4.23. The molecule has 0 saturated heterocycles. The van der Waals surface area contributed by atoms with Gasteiger partial charge in [-0.05, 0) is 13.8 Å². The van der Waals surface area contributed by atoms with Crippen LogP contribution in [0.1, 0.15) is 11.4 Å². The van der Waals surface area contributed by atoms with E-state index in [-0.39, 0.29) is 0 Å². The fraction of sp³-hybridized carbons (Fsp3) is 0.333. The minimum atomic E-state index is 0.514. The average molecular weight is 198 g/mol. The molecular weight excluding hydrogens is 186 g/mol. The first-order valence-corrected chi connectivity index (χ1v) is 4.35. The smallest absolute Gasteiger partial charge is 0.148 e. The van der Waals surface area contributed by atoms with Crippen LogP contribution in [-0.4, -0.2) is 16.5 Å². The van der Waals surface area contributed by atoms with Gasteiger partial charge in [0.15, 0.2) is 0 Å². The molecule has 0 aromatic carbocycles. The molecule has 0 atom stereocenters. The zero-order chi connectivity index (χ0) is 9.84. The van der Waals surface area contributed by atoms with E-state index in [9.17, 15) is 0 Å². The van der Waals surface area contributed by atoms with E-state index in [2.05, 4.69) is 21.9 Å². The number of aromatic nitrogens is 2. The fourth-order valence-corrected chi connectivity index (χ4v) is 0.951. The summed E-state index contributed by atoms with van der Waals surface area (Å²) in [6.45, 7) is 7.88. The number of nitrogens with one attached hydrogen (secondary N) is 1. The Bertz CT molecular complexity index is 323. The summed E-state index contributed by atoms with van der Waals surface area (Å²) in [5.41, 5.74) is 1.75. The zero-order valence-electron chi connectivity index (χ0n) is 7.76. The van der Waals surface area contributed by atoms with Crippen molar-refractivity contribution in [3.8, 4) is 0 Å². The second-order valence-electron chi connectivity index (χ2n) is 2.82. The minimum Gasteiger partial charge on any atom is -0.364 e. The quantitative estimate of drug-likeness (QED) is 0.808. The topological polar surface area (TPSA) is 37.8 Å². The third-order valence-electron chi connectivity index (χ3n) is 1.52. The molecule has 4 heteroatoms. The predicted octanol–water partition coefficient (Wildman–Crippen LogP) is 2.26. The maximum absolute atomic E-state index is 5.61. The van der Waals surface area contributed by atoms with Gasteiger partial charge in [0.05, 0.1) is 17.9 Å². The molecule has 1 aromatic heterocycles. The summed E-state index contributed by atoms with van der Waals surface area (Å²) < 4.78 is 0. The largest absolute Gasteiger partial charge is 0.364 e. The van der Waals surface area contributed by atoms with Gasteiger partial charge in [-0.25, -0.2) is 4.98 Å². The molecule has 0 amide bonds. The summed E-state index contributed by atoms with van der Waals surface area (Å²) in [4.78, 5) is 8.43. The van der Waals surface area contributed by atoms with Crippen molar-refractivity contribution in [3.63, 3.8) is 0 Å². The Morgan fingerprint density at radius 2 is 2.31 bits per heavy atom. The van der Waals surface area contributed by atoms with E-state index >= 15 is 0 Å². The van der Waals surface area contributed by atoms with Crippen LogP contribution >= 0.6 is 11.6 Å². The van der Waals surface area contributed by atoms with Crippen LogP contribution in [0.3, 0.4) is 0 Å². The lowest BCUT2D eigenvalue weighted by Crippen LogP contribution is -2.06. The van der Waals surface area contributed by atoms with Crippen LogP contribution in [-0.2, 0) is 0 Å². The van der Waals surface area contributed by atoms with Gasteiger partial charge in [-0.3, -0.25) is 4.98 Å². The van der Waals surface area contributed by atoms with E-state index < -0.39 is 0 Å². The van der Waals surface area contributed by atoms with Crippen molar-refractivity contribution in [2.45, 2.75) is 13.8 Å². The zero-order valence-corrected chi connectivity index (χ0v) is 8.52. The molecule has 1 heterocycles. The molecule has 1 N–H and O–H groups in total. The lowest BCUT2D eigenvalue weighted by atomic mass is 10.4. The van der Waals surface area contributed by atoms with Gasteiger partial charge in [-0.2, -0.15) is 0 Å². The molecular formula is C9H12ClN3. The number of aryl methyl sites for hydroxylation is 2. The van der Waals surface area contributed by atoms with Gasteiger partial charge in [0.25, 0.3) is 0 Å². The van der Waals surface area contributed by atoms with Gasteiger partial charge in [0.2, 0.25) is 0 Å². The van der Waals surface area contributed by atoms with Crippen molar-refractivity contribution in [3.05, 3.63) is 29.2 Å². The Morgan fingerprint density at radius 3 is 2.92 bits per heavy atom. The van der Waals surface area contributed by atoms with Crippen LogP contribution in [0.5, 0.6) is 0 Å². The van der Waals surface area contributed by atoms with Crippen LogP contribution in [0, 0.1) is 13.8 Å². The van der Waals surface area contributed by atoms with Crippen LogP contribution in [0.25, 0.3) is 0 Å². The highest BCUT2D eigenvalue weighted by atomic mass is 35.5. The summed E-state index contributed by atoms with van der Waals surface area (Å²) >= 11 is 5.61. The van der Waals surface area contributed by atoms with Gasteiger partial charge in [-0.15, -0.1) is 0 Å². The predicted molar refractivity (Wildman–Crippen MR) is 55.0 cm³/mol. The number of nitrogens with zero attached hydrogens (tertiary/aromatic N) is 2. The molecule has 0 fully saturated rings. The number of anilines is 1. The summed E-state index contributed by atoms with van der Waals surface area (Å²) in [5, 5.41) is 3.61. The van der Waals surface area contributed by atoms with E-state index in [1.165, 1.54) is 0 Å². The van der Waals surface area contributed by atoms with Crippen molar-refractivity contribution in [2.24, 2.45) is 0 Å². The van der Waals surface area contributed by atoms with E-state index in [1.807, 2.05) is 13.8 Å². The summed E-state index contributed by atoms with van der Waals surface area (Å²) in [5.74, 6) is 0.766. The highest BCUT2D eigenvalue weighted by Crippen LogP contribution is 2.09. The molecule has 0 bridgehead atoms. The Labute approximate surface area is 82.9 Å². The monoisotopic (exact) mass is 197 g/mol. The Morgan fingerprint density at radius 1 is 1.62 bits per heavy atom. The highest BCUT2D eigenvalue weighted by Gasteiger charge is 2.00. The standard InChI is InChI=1S/C9H12ClN3/c1-6(10)4-12-9-8(3)11-5-7(2)13-9/h5H,1,4H2,2-3H3,(H,12,13). The fourth-order valence-electron chi connectivity index (χ4n) is 0.885. The third kappa shape index (κ3) is 3.03.